The molecule has 12 rings (SSSR count). The van der Waals surface area contributed by atoms with Crippen LogP contribution in [0.3, 0.4) is 0 Å². The fraction of sp³-hybridized carbons (Fsp3) is 0. The molecule has 0 saturated carbocycles. The average Bonchev–Trinajstić information content (AvgIpc) is 3.65. The van der Waals surface area contributed by atoms with Gasteiger partial charge in [0, 0.05) is 38.5 Å². The van der Waals surface area contributed by atoms with Crippen LogP contribution in [0.4, 0.5) is 0 Å². The molecule has 12 aromatic rings. The summed E-state index contributed by atoms with van der Waals surface area (Å²) in [6, 6.07) is 76.2. The van der Waals surface area contributed by atoms with Gasteiger partial charge in [0.25, 0.3) is 0 Å². The van der Waals surface area contributed by atoms with Crippen molar-refractivity contribution < 1.29 is 0 Å². The SMILES string of the molecule is c1ccc(-c2ccc(-c3cc(-c4ccccc4)nc(-c4ccc(-n5c6cc7c8ccccc8c8ccccc8c7cc6c6ccc7ccccc7c65)cc4)n3)cc2)cc1. The number of nitrogens with zero attached hydrogens (tertiary/aromatic N) is 3. The Hall–Kier alpha value is -7.88. The molecule has 2 heterocycles. The van der Waals surface area contributed by atoms with Gasteiger partial charge in [-0.2, -0.15) is 0 Å². The summed E-state index contributed by atoms with van der Waals surface area (Å²) in [5, 5.41) is 12.6. The Morgan fingerprint density at radius 2 is 0.763 bits per heavy atom. The number of hydrogen-bond acceptors (Lipinski definition) is 2. The van der Waals surface area contributed by atoms with Crippen molar-refractivity contribution in [3.05, 3.63) is 212 Å². The van der Waals surface area contributed by atoms with E-state index in [9.17, 15) is 0 Å². The molecule has 0 spiro atoms. The third kappa shape index (κ3) is 5.44. The molecule has 274 valence electrons. The zero-order valence-electron chi connectivity index (χ0n) is 32.0. The lowest BCUT2D eigenvalue weighted by molar-refractivity contribution is 1.17. The zero-order chi connectivity index (χ0) is 38.9. The number of benzene rings is 10. The first-order valence-corrected chi connectivity index (χ1v) is 20.2. The molecule has 0 radical (unpaired) electrons. The Labute approximate surface area is 341 Å². The van der Waals surface area contributed by atoms with Gasteiger partial charge in [-0.25, -0.2) is 9.97 Å². The van der Waals surface area contributed by atoms with E-state index in [1.807, 2.05) is 12.1 Å². The summed E-state index contributed by atoms with van der Waals surface area (Å²) in [6.07, 6.45) is 0. The Balaban J connectivity index is 1.05. The summed E-state index contributed by atoms with van der Waals surface area (Å²) < 4.78 is 2.46. The summed E-state index contributed by atoms with van der Waals surface area (Å²) in [5.41, 5.74) is 10.7. The molecule has 59 heavy (non-hydrogen) atoms. The van der Waals surface area contributed by atoms with Crippen molar-refractivity contribution in [3.8, 4) is 50.7 Å². The van der Waals surface area contributed by atoms with Gasteiger partial charge >= 0.3 is 0 Å². The lowest BCUT2D eigenvalue weighted by Crippen LogP contribution is -1.98. The summed E-state index contributed by atoms with van der Waals surface area (Å²) in [7, 11) is 0. The van der Waals surface area contributed by atoms with Gasteiger partial charge in [0.1, 0.15) is 0 Å². The highest BCUT2D eigenvalue weighted by Crippen LogP contribution is 2.43. The standard InChI is InChI=1S/C56H35N3/c1-3-13-36(14-4-1)37-23-25-40(26-24-37)53-35-52(39-16-5-2-6-17-39)57-56(58-53)41-27-30-42(31-28-41)59-54-34-50-47-22-12-10-20-45(47)44-19-9-11-21-46(44)49(50)33-51(54)48-32-29-38-15-7-8-18-43(38)55(48)59/h1-35H. The molecule has 10 aromatic carbocycles. The van der Waals surface area contributed by atoms with Gasteiger partial charge in [0.2, 0.25) is 0 Å². The minimum atomic E-state index is 0.692. The minimum Gasteiger partial charge on any atom is -0.309 e. The molecule has 0 fully saturated rings. The van der Waals surface area contributed by atoms with Crippen LogP contribution in [0.5, 0.6) is 0 Å². The van der Waals surface area contributed by atoms with Gasteiger partial charge in [-0.3, -0.25) is 0 Å². The van der Waals surface area contributed by atoms with E-state index in [-0.39, 0.29) is 0 Å². The molecular weight excluding hydrogens is 715 g/mol. The van der Waals surface area contributed by atoms with Crippen LogP contribution in [0.2, 0.25) is 0 Å². The van der Waals surface area contributed by atoms with E-state index in [1.54, 1.807) is 0 Å². The fourth-order valence-corrected chi connectivity index (χ4v) is 9.15. The number of hydrogen-bond donors (Lipinski definition) is 0. The largest absolute Gasteiger partial charge is 0.309 e. The van der Waals surface area contributed by atoms with Crippen LogP contribution < -0.4 is 0 Å². The number of aromatic nitrogens is 3. The molecule has 2 aromatic heterocycles. The zero-order valence-corrected chi connectivity index (χ0v) is 32.0. The van der Waals surface area contributed by atoms with Crippen LogP contribution in [0, 0.1) is 0 Å². The van der Waals surface area contributed by atoms with Gasteiger partial charge in [-0.1, -0.05) is 170 Å². The van der Waals surface area contributed by atoms with E-state index >= 15 is 0 Å². The van der Waals surface area contributed by atoms with E-state index in [2.05, 4.69) is 205 Å². The van der Waals surface area contributed by atoms with Crippen molar-refractivity contribution in [1.29, 1.82) is 0 Å². The van der Waals surface area contributed by atoms with Crippen LogP contribution in [-0.2, 0) is 0 Å². The molecule has 0 unspecified atom stereocenters. The van der Waals surface area contributed by atoms with Gasteiger partial charge in [0.15, 0.2) is 5.82 Å². The van der Waals surface area contributed by atoms with Crippen LogP contribution in [-0.4, -0.2) is 14.5 Å². The molecule has 0 aliphatic carbocycles. The van der Waals surface area contributed by atoms with Crippen LogP contribution >= 0.6 is 0 Å². The van der Waals surface area contributed by atoms with E-state index < -0.39 is 0 Å². The van der Waals surface area contributed by atoms with Crippen LogP contribution in [0.15, 0.2) is 212 Å². The fourth-order valence-electron chi connectivity index (χ4n) is 9.15. The molecule has 3 heteroatoms. The summed E-state index contributed by atoms with van der Waals surface area (Å²) in [6.45, 7) is 0. The maximum absolute atomic E-state index is 5.21. The second-order valence-electron chi connectivity index (χ2n) is 15.3. The highest BCUT2D eigenvalue weighted by Gasteiger charge is 2.19. The van der Waals surface area contributed by atoms with E-state index in [0.717, 1.165) is 33.8 Å². The van der Waals surface area contributed by atoms with Crippen molar-refractivity contribution in [1.82, 2.24) is 14.5 Å². The normalized spacial score (nSPS) is 11.7. The van der Waals surface area contributed by atoms with Gasteiger partial charge in [-0.05, 0) is 91.3 Å². The topological polar surface area (TPSA) is 30.7 Å². The Morgan fingerprint density at radius 1 is 0.288 bits per heavy atom. The Kier molecular flexibility index (Phi) is 7.54. The second kappa shape index (κ2) is 13.4. The minimum absolute atomic E-state index is 0.692. The summed E-state index contributed by atoms with van der Waals surface area (Å²) in [5.74, 6) is 0.692. The Bertz CT molecular complexity index is 3570. The molecular formula is C56H35N3. The first-order valence-electron chi connectivity index (χ1n) is 20.2. The second-order valence-corrected chi connectivity index (χ2v) is 15.3. The van der Waals surface area contributed by atoms with Crippen LogP contribution in [0.25, 0.3) is 116 Å². The number of fused-ring (bicyclic) bond motifs is 11. The van der Waals surface area contributed by atoms with Gasteiger partial charge in [0.05, 0.1) is 22.4 Å². The number of rotatable bonds is 5. The van der Waals surface area contributed by atoms with Gasteiger partial charge < -0.3 is 4.57 Å². The molecule has 0 saturated heterocycles. The Morgan fingerprint density at radius 3 is 1.41 bits per heavy atom. The molecule has 3 nitrogen and oxygen atoms in total. The third-order valence-corrected chi connectivity index (χ3v) is 12.0. The highest BCUT2D eigenvalue weighted by atomic mass is 15.0. The van der Waals surface area contributed by atoms with Crippen molar-refractivity contribution in [2.45, 2.75) is 0 Å². The first-order chi connectivity index (χ1) is 29.2. The van der Waals surface area contributed by atoms with Crippen molar-refractivity contribution in [2.24, 2.45) is 0 Å². The molecule has 0 amide bonds. The van der Waals surface area contributed by atoms with Crippen molar-refractivity contribution in [2.75, 3.05) is 0 Å². The monoisotopic (exact) mass is 749 g/mol. The first kappa shape index (κ1) is 33.3. The van der Waals surface area contributed by atoms with Crippen molar-refractivity contribution >= 4 is 64.9 Å². The predicted molar refractivity (Wildman–Crippen MR) is 248 cm³/mol. The molecule has 0 aliphatic heterocycles. The maximum atomic E-state index is 5.21. The highest BCUT2D eigenvalue weighted by molar-refractivity contribution is 6.29. The summed E-state index contributed by atoms with van der Waals surface area (Å²) >= 11 is 0. The van der Waals surface area contributed by atoms with Crippen LogP contribution in [0.1, 0.15) is 0 Å². The average molecular weight is 750 g/mol. The van der Waals surface area contributed by atoms with Crippen molar-refractivity contribution in [3.63, 3.8) is 0 Å². The summed E-state index contributed by atoms with van der Waals surface area (Å²) in [4.78, 5) is 10.4. The van der Waals surface area contributed by atoms with E-state index in [0.29, 0.717) is 5.82 Å². The lowest BCUT2D eigenvalue weighted by atomic mass is 9.93. The molecule has 0 bridgehead atoms. The van der Waals surface area contributed by atoms with Gasteiger partial charge in [-0.15, -0.1) is 0 Å². The quantitative estimate of drug-likeness (QED) is 0.164. The van der Waals surface area contributed by atoms with E-state index in [1.165, 1.54) is 76.0 Å². The predicted octanol–water partition coefficient (Wildman–Crippen LogP) is 14.9. The molecule has 0 N–H and O–H groups in total. The third-order valence-electron chi connectivity index (χ3n) is 12.0. The molecule has 0 atom stereocenters. The molecule has 0 aliphatic rings. The van der Waals surface area contributed by atoms with E-state index in [4.69, 9.17) is 9.97 Å². The maximum Gasteiger partial charge on any atom is 0.160 e. The lowest BCUT2D eigenvalue weighted by Gasteiger charge is -2.13. The smallest absolute Gasteiger partial charge is 0.160 e.